The van der Waals surface area contributed by atoms with Crippen LogP contribution < -0.4 is 5.32 Å². The summed E-state index contributed by atoms with van der Waals surface area (Å²) in [6.45, 7) is 0.884. The average molecular weight is 301 g/mol. The molecule has 1 aromatic heterocycles. The van der Waals surface area contributed by atoms with Crippen molar-refractivity contribution < 1.29 is 0 Å². The number of aromatic nitrogens is 1. The van der Waals surface area contributed by atoms with Gasteiger partial charge in [-0.3, -0.25) is 4.98 Å². The third kappa shape index (κ3) is 3.22. The minimum Gasteiger partial charge on any atom is -0.307 e. The fourth-order valence-electron chi connectivity index (χ4n) is 2.19. The van der Waals surface area contributed by atoms with Gasteiger partial charge in [0.2, 0.25) is 0 Å². The Morgan fingerprint density at radius 3 is 3.06 bits per heavy atom. The van der Waals surface area contributed by atoms with Crippen molar-refractivity contribution in [1.29, 1.82) is 0 Å². The molecular formula is C12H17BrN2S. The molecule has 0 amide bonds. The van der Waals surface area contributed by atoms with E-state index in [1.807, 2.05) is 24.0 Å². The topological polar surface area (TPSA) is 24.9 Å². The van der Waals surface area contributed by atoms with Crippen molar-refractivity contribution in [2.75, 3.05) is 6.26 Å². The summed E-state index contributed by atoms with van der Waals surface area (Å²) in [5.41, 5.74) is 1.12. The number of nitrogens with zero attached hydrogens (tertiary/aromatic N) is 1. The van der Waals surface area contributed by atoms with Gasteiger partial charge in [0.05, 0.1) is 5.69 Å². The second-order valence-corrected chi connectivity index (χ2v) is 6.15. The van der Waals surface area contributed by atoms with E-state index in [9.17, 15) is 0 Å². The van der Waals surface area contributed by atoms with E-state index >= 15 is 0 Å². The predicted molar refractivity (Wildman–Crippen MR) is 73.7 cm³/mol. The molecular weight excluding hydrogens is 284 g/mol. The van der Waals surface area contributed by atoms with Crippen LogP contribution in [0.15, 0.2) is 22.8 Å². The average Bonchev–Trinajstić information content (AvgIpc) is 2.76. The molecule has 16 heavy (non-hydrogen) atoms. The molecule has 1 N–H and O–H groups in total. The van der Waals surface area contributed by atoms with Gasteiger partial charge in [-0.15, -0.1) is 0 Å². The number of hydrogen-bond donors (Lipinski definition) is 1. The van der Waals surface area contributed by atoms with Crippen molar-refractivity contribution in [2.24, 2.45) is 0 Å². The first-order valence-corrected chi connectivity index (χ1v) is 7.74. The normalized spacial score (nSPS) is 24.9. The molecule has 0 aliphatic heterocycles. The van der Waals surface area contributed by atoms with Gasteiger partial charge in [0.25, 0.3) is 0 Å². The zero-order valence-electron chi connectivity index (χ0n) is 9.45. The van der Waals surface area contributed by atoms with Gasteiger partial charge in [-0.25, -0.2) is 0 Å². The molecule has 0 bridgehead atoms. The highest BCUT2D eigenvalue weighted by Gasteiger charge is 2.25. The van der Waals surface area contributed by atoms with E-state index in [2.05, 4.69) is 38.6 Å². The Balaban J connectivity index is 1.85. The second-order valence-electron chi connectivity index (χ2n) is 4.16. The highest BCUT2D eigenvalue weighted by atomic mass is 79.9. The fraction of sp³-hybridized carbons (Fsp3) is 0.583. The summed E-state index contributed by atoms with van der Waals surface area (Å²) in [7, 11) is 0. The van der Waals surface area contributed by atoms with Crippen LogP contribution >= 0.6 is 27.7 Å². The molecule has 4 heteroatoms. The van der Waals surface area contributed by atoms with E-state index < -0.39 is 0 Å². The van der Waals surface area contributed by atoms with E-state index in [0.29, 0.717) is 6.04 Å². The first-order valence-electron chi connectivity index (χ1n) is 5.66. The zero-order chi connectivity index (χ0) is 11.4. The Kier molecular flexibility index (Phi) is 4.67. The summed E-state index contributed by atoms with van der Waals surface area (Å²) in [6, 6.07) is 4.78. The summed E-state index contributed by atoms with van der Waals surface area (Å²) in [6.07, 6.45) is 8.09. The highest BCUT2D eigenvalue weighted by Crippen LogP contribution is 2.28. The highest BCUT2D eigenvalue weighted by molar-refractivity contribution is 9.10. The van der Waals surface area contributed by atoms with Crippen LogP contribution in [0.25, 0.3) is 0 Å². The van der Waals surface area contributed by atoms with Crippen LogP contribution in [-0.4, -0.2) is 22.5 Å². The Bertz CT molecular complexity index is 328. The van der Waals surface area contributed by atoms with Gasteiger partial charge in [-0.05, 0) is 47.2 Å². The van der Waals surface area contributed by atoms with Crippen molar-refractivity contribution in [2.45, 2.75) is 37.1 Å². The molecule has 1 fully saturated rings. The molecule has 88 valence electrons. The van der Waals surface area contributed by atoms with Crippen LogP contribution in [-0.2, 0) is 6.54 Å². The SMILES string of the molecule is CSC1CCCC1NCc1ccc(Br)cn1. The number of hydrogen-bond acceptors (Lipinski definition) is 3. The second kappa shape index (κ2) is 6.03. The molecule has 2 atom stereocenters. The minimum absolute atomic E-state index is 0.667. The van der Waals surface area contributed by atoms with E-state index in [0.717, 1.165) is 22.0 Å². The molecule has 2 nitrogen and oxygen atoms in total. The molecule has 2 unspecified atom stereocenters. The van der Waals surface area contributed by atoms with Crippen molar-refractivity contribution in [3.63, 3.8) is 0 Å². The van der Waals surface area contributed by atoms with Gasteiger partial charge < -0.3 is 5.32 Å². The van der Waals surface area contributed by atoms with Crippen LogP contribution in [0.1, 0.15) is 25.0 Å². The van der Waals surface area contributed by atoms with Crippen molar-refractivity contribution in [3.8, 4) is 0 Å². The Hall–Kier alpha value is -0.0600. The summed E-state index contributed by atoms with van der Waals surface area (Å²) in [5, 5.41) is 4.41. The van der Waals surface area contributed by atoms with Crippen LogP contribution in [0.2, 0.25) is 0 Å². The summed E-state index contributed by atoms with van der Waals surface area (Å²) in [5.74, 6) is 0. The van der Waals surface area contributed by atoms with Crippen LogP contribution in [0.5, 0.6) is 0 Å². The molecule has 0 saturated heterocycles. The molecule has 1 saturated carbocycles. The molecule has 1 aromatic rings. The summed E-state index contributed by atoms with van der Waals surface area (Å²) >= 11 is 5.39. The first-order chi connectivity index (χ1) is 7.79. The van der Waals surface area contributed by atoms with E-state index in [4.69, 9.17) is 0 Å². The fourth-order valence-corrected chi connectivity index (χ4v) is 3.39. The summed E-state index contributed by atoms with van der Waals surface area (Å²) in [4.78, 5) is 4.37. The predicted octanol–water partition coefficient (Wildman–Crippen LogP) is 3.22. The van der Waals surface area contributed by atoms with Crippen LogP contribution in [0.4, 0.5) is 0 Å². The number of halogens is 1. The first kappa shape index (κ1) is 12.4. The Labute approximate surface area is 110 Å². The van der Waals surface area contributed by atoms with E-state index in [1.54, 1.807) is 0 Å². The maximum atomic E-state index is 4.37. The smallest absolute Gasteiger partial charge is 0.0542 e. The summed E-state index contributed by atoms with van der Waals surface area (Å²) < 4.78 is 1.04. The Morgan fingerprint density at radius 2 is 2.38 bits per heavy atom. The number of rotatable bonds is 4. The van der Waals surface area contributed by atoms with Gasteiger partial charge in [0.15, 0.2) is 0 Å². The third-order valence-corrected chi connectivity index (χ3v) is 4.73. The maximum Gasteiger partial charge on any atom is 0.0542 e. The van der Waals surface area contributed by atoms with Crippen LogP contribution in [0, 0.1) is 0 Å². The minimum atomic E-state index is 0.667. The number of nitrogens with one attached hydrogen (secondary N) is 1. The monoisotopic (exact) mass is 300 g/mol. The molecule has 0 spiro atoms. The van der Waals surface area contributed by atoms with Crippen LogP contribution in [0.3, 0.4) is 0 Å². The maximum absolute atomic E-state index is 4.37. The molecule has 0 radical (unpaired) electrons. The largest absolute Gasteiger partial charge is 0.307 e. The van der Waals surface area contributed by atoms with E-state index in [-0.39, 0.29) is 0 Å². The molecule has 2 rings (SSSR count). The Morgan fingerprint density at radius 1 is 1.50 bits per heavy atom. The lowest BCUT2D eigenvalue weighted by atomic mass is 10.2. The van der Waals surface area contributed by atoms with Gasteiger partial charge in [0, 0.05) is 28.5 Å². The lowest BCUT2D eigenvalue weighted by Crippen LogP contribution is -2.33. The standard InChI is InChI=1S/C12H17BrN2S/c1-16-12-4-2-3-11(12)15-8-10-6-5-9(13)7-14-10/h5-7,11-12,15H,2-4,8H2,1H3. The number of thioether (sulfide) groups is 1. The van der Waals surface area contributed by atoms with E-state index in [1.165, 1.54) is 19.3 Å². The zero-order valence-corrected chi connectivity index (χ0v) is 11.9. The van der Waals surface area contributed by atoms with Gasteiger partial charge >= 0.3 is 0 Å². The quantitative estimate of drug-likeness (QED) is 0.924. The van der Waals surface area contributed by atoms with Gasteiger partial charge in [-0.1, -0.05) is 6.42 Å². The van der Waals surface area contributed by atoms with Crippen molar-refractivity contribution in [3.05, 3.63) is 28.5 Å². The van der Waals surface area contributed by atoms with Crippen molar-refractivity contribution >= 4 is 27.7 Å². The van der Waals surface area contributed by atoms with Gasteiger partial charge in [0.1, 0.15) is 0 Å². The molecule has 1 aliphatic carbocycles. The third-order valence-electron chi connectivity index (χ3n) is 3.09. The molecule has 0 aromatic carbocycles. The van der Waals surface area contributed by atoms with Gasteiger partial charge in [-0.2, -0.15) is 11.8 Å². The lowest BCUT2D eigenvalue weighted by molar-refractivity contribution is 0.527. The molecule has 1 heterocycles. The number of pyridine rings is 1. The van der Waals surface area contributed by atoms with Crippen molar-refractivity contribution in [1.82, 2.24) is 10.3 Å². The molecule has 1 aliphatic rings. The lowest BCUT2D eigenvalue weighted by Gasteiger charge is -2.18.